The summed E-state index contributed by atoms with van der Waals surface area (Å²) < 4.78 is 5.70. The van der Waals surface area contributed by atoms with Crippen LogP contribution in [0.2, 0.25) is 0 Å². The molecule has 0 heterocycles. The smallest absolute Gasteiger partial charge is 0.248 e. The maximum atomic E-state index is 11.5. The van der Waals surface area contributed by atoms with Gasteiger partial charge >= 0.3 is 0 Å². The molecule has 1 fully saturated rings. The fourth-order valence-electron chi connectivity index (χ4n) is 2.12. The summed E-state index contributed by atoms with van der Waals surface area (Å²) in [6.45, 7) is 4.61. The van der Waals surface area contributed by atoms with Gasteiger partial charge < -0.3 is 15.2 Å². The third-order valence-electron chi connectivity index (χ3n) is 3.17. The summed E-state index contributed by atoms with van der Waals surface area (Å²) in [5.74, 6) is 0.395. The van der Waals surface area contributed by atoms with Crippen molar-refractivity contribution in [3.63, 3.8) is 0 Å². The van der Waals surface area contributed by atoms with Gasteiger partial charge in [0.1, 0.15) is 6.10 Å². The highest BCUT2D eigenvalue weighted by molar-refractivity contribution is 5.80. The Morgan fingerprint density at radius 3 is 2.56 bits per heavy atom. The van der Waals surface area contributed by atoms with Gasteiger partial charge in [0.2, 0.25) is 5.91 Å². The maximum Gasteiger partial charge on any atom is 0.248 e. The number of nitrogens with one attached hydrogen (secondary N) is 1. The Morgan fingerprint density at radius 2 is 2.06 bits per heavy atom. The number of carbonyl (C=O) groups is 1. The van der Waals surface area contributed by atoms with Gasteiger partial charge in [0.15, 0.2) is 0 Å². The van der Waals surface area contributed by atoms with E-state index in [1.807, 2.05) is 6.92 Å². The average Bonchev–Trinajstić information content (AvgIpc) is 2.30. The Labute approximate surface area is 97.4 Å². The van der Waals surface area contributed by atoms with Crippen LogP contribution in [0.15, 0.2) is 0 Å². The molecule has 1 atom stereocenters. The van der Waals surface area contributed by atoms with Crippen LogP contribution >= 0.6 is 0 Å². The lowest BCUT2D eigenvalue weighted by molar-refractivity contribution is -0.136. The molecule has 94 valence electrons. The molecule has 0 bridgehead atoms. The summed E-state index contributed by atoms with van der Waals surface area (Å²) in [5.41, 5.74) is 0. The van der Waals surface area contributed by atoms with Gasteiger partial charge in [-0.05, 0) is 45.4 Å². The van der Waals surface area contributed by atoms with Crippen molar-refractivity contribution in [2.45, 2.75) is 51.7 Å². The molecule has 0 aliphatic heterocycles. The zero-order valence-corrected chi connectivity index (χ0v) is 10.2. The van der Waals surface area contributed by atoms with Crippen LogP contribution in [0.3, 0.4) is 0 Å². The van der Waals surface area contributed by atoms with Gasteiger partial charge in [-0.25, -0.2) is 0 Å². The third-order valence-corrected chi connectivity index (χ3v) is 3.17. The van der Waals surface area contributed by atoms with Crippen LogP contribution in [0.25, 0.3) is 0 Å². The molecule has 0 aromatic carbocycles. The molecule has 0 spiro atoms. The molecule has 0 aromatic rings. The minimum Gasteiger partial charge on any atom is -0.396 e. The van der Waals surface area contributed by atoms with E-state index >= 15 is 0 Å². The molecule has 0 aromatic heterocycles. The molecule has 1 unspecified atom stereocenters. The lowest BCUT2D eigenvalue weighted by atomic mass is 9.88. The van der Waals surface area contributed by atoms with Crippen molar-refractivity contribution in [2.75, 3.05) is 13.2 Å². The number of hydrogen-bond donors (Lipinski definition) is 2. The highest BCUT2D eigenvalue weighted by Crippen LogP contribution is 2.26. The van der Waals surface area contributed by atoms with Crippen molar-refractivity contribution >= 4 is 5.91 Å². The zero-order valence-electron chi connectivity index (χ0n) is 10.2. The van der Waals surface area contributed by atoms with Crippen molar-refractivity contribution in [3.8, 4) is 0 Å². The first kappa shape index (κ1) is 13.5. The first-order valence-electron chi connectivity index (χ1n) is 6.21. The van der Waals surface area contributed by atoms with Crippen LogP contribution in [0, 0.1) is 5.92 Å². The SMILES string of the molecule is CCNC(=O)C(C)OC1CCC(CO)CC1. The summed E-state index contributed by atoms with van der Waals surface area (Å²) in [7, 11) is 0. The van der Waals surface area contributed by atoms with Crippen LogP contribution in [-0.4, -0.2) is 36.4 Å². The Bertz CT molecular complexity index is 212. The molecular weight excluding hydrogens is 206 g/mol. The molecule has 16 heavy (non-hydrogen) atoms. The predicted octanol–water partition coefficient (Wildman–Crippen LogP) is 1.08. The van der Waals surface area contributed by atoms with E-state index < -0.39 is 0 Å². The molecule has 1 rings (SSSR count). The van der Waals surface area contributed by atoms with E-state index in [4.69, 9.17) is 9.84 Å². The number of likely N-dealkylation sites (N-methyl/N-ethyl adjacent to an activating group) is 1. The molecular formula is C12H23NO3. The van der Waals surface area contributed by atoms with Gasteiger partial charge in [-0.3, -0.25) is 4.79 Å². The van der Waals surface area contributed by atoms with E-state index in [2.05, 4.69) is 5.32 Å². The summed E-state index contributed by atoms with van der Waals surface area (Å²) in [6.07, 6.45) is 3.73. The molecule has 1 aliphatic carbocycles. The van der Waals surface area contributed by atoms with E-state index in [1.54, 1.807) is 6.92 Å². The van der Waals surface area contributed by atoms with Crippen molar-refractivity contribution in [3.05, 3.63) is 0 Å². The fraction of sp³-hybridized carbons (Fsp3) is 0.917. The van der Waals surface area contributed by atoms with Crippen LogP contribution in [0.5, 0.6) is 0 Å². The fourth-order valence-corrected chi connectivity index (χ4v) is 2.12. The second-order valence-electron chi connectivity index (χ2n) is 4.50. The molecule has 0 saturated heterocycles. The van der Waals surface area contributed by atoms with E-state index in [9.17, 15) is 4.79 Å². The number of aliphatic hydroxyl groups is 1. The van der Waals surface area contributed by atoms with Gasteiger partial charge in [0, 0.05) is 13.2 Å². The number of aliphatic hydroxyl groups excluding tert-OH is 1. The van der Waals surface area contributed by atoms with E-state index in [0.29, 0.717) is 12.5 Å². The van der Waals surface area contributed by atoms with Crippen molar-refractivity contribution in [1.29, 1.82) is 0 Å². The zero-order chi connectivity index (χ0) is 12.0. The average molecular weight is 229 g/mol. The van der Waals surface area contributed by atoms with Crippen LogP contribution < -0.4 is 5.32 Å². The van der Waals surface area contributed by atoms with Crippen LogP contribution in [0.4, 0.5) is 0 Å². The highest BCUT2D eigenvalue weighted by Gasteiger charge is 2.24. The summed E-state index contributed by atoms with van der Waals surface area (Å²) >= 11 is 0. The number of hydrogen-bond acceptors (Lipinski definition) is 3. The van der Waals surface area contributed by atoms with Gasteiger partial charge in [-0.15, -0.1) is 0 Å². The topological polar surface area (TPSA) is 58.6 Å². The first-order valence-corrected chi connectivity index (χ1v) is 6.21. The lowest BCUT2D eigenvalue weighted by Gasteiger charge is -2.29. The summed E-state index contributed by atoms with van der Waals surface area (Å²) in [4.78, 5) is 11.5. The highest BCUT2D eigenvalue weighted by atomic mass is 16.5. The third kappa shape index (κ3) is 4.10. The van der Waals surface area contributed by atoms with Gasteiger partial charge in [0.05, 0.1) is 6.10 Å². The maximum absolute atomic E-state index is 11.5. The lowest BCUT2D eigenvalue weighted by Crippen LogP contribution is -2.37. The monoisotopic (exact) mass is 229 g/mol. The standard InChI is InChI=1S/C12H23NO3/c1-3-13-12(15)9(2)16-11-6-4-10(8-14)5-7-11/h9-11,14H,3-8H2,1-2H3,(H,13,15). The Hall–Kier alpha value is -0.610. The summed E-state index contributed by atoms with van der Waals surface area (Å²) in [5, 5.41) is 11.8. The number of ether oxygens (including phenoxy) is 1. The molecule has 4 heteroatoms. The number of rotatable bonds is 5. The van der Waals surface area contributed by atoms with Gasteiger partial charge in [0.25, 0.3) is 0 Å². The van der Waals surface area contributed by atoms with E-state index in [-0.39, 0.29) is 24.7 Å². The summed E-state index contributed by atoms with van der Waals surface area (Å²) in [6, 6.07) is 0. The first-order chi connectivity index (χ1) is 7.67. The molecule has 2 N–H and O–H groups in total. The van der Waals surface area contributed by atoms with Crippen molar-refractivity contribution in [1.82, 2.24) is 5.32 Å². The largest absolute Gasteiger partial charge is 0.396 e. The van der Waals surface area contributed by atoms with E-state index in [1.165, 1.54) is 0 Å². The number of carbonyl (C=O) groups excluding carboxylic acids is 1. The minimum absolute atomic E-state index is 0.0354. The van der Waals surface area contributed by atoms with Crippen molar-refractivity contribution < 1.29 is 14.6 Å². The molecule has 1 saturated carbocycles. The molecule has 1 aliphatic rings. The van der Waals surface area contributed by atoms with Crippen LogP contribution in [-0.2, 0) is 9.53 Å². The molecule has 1 amide bonds. The Kier molecular flexibility index (Phi) is 5.77. The number of amides is 1. The van der Waals surface area contributed by atoms with Crippen molar-refractivity contribution in [2.24, 2.45) is 5.92 Å². The predicted molar refractivity (Wildman–Crippen MR) is 62.1 cm³/mol. The Balaban J connectivity index is 2.25. The van der Waals surface area contributed by atoms with Gasteiger partial charge in [-0.2, -0.15) is 0 Å². The normalized spacial score (nSPS) is 27.4. The molecule has 4 nitrogen and oxygen atoms in total. The minimum atomic E-state index is -0.365. The van der Waals surface area contributed by atoms with Gasteiger partial charge in [-0.1, -0.05) is 0 Å². The molecule has 0 radical (unpaired) electrons. The van der Waals surface area contributed by atoms with Crippen LogP contribution in [0.1, 0.15) is 39.5 Å². The Morgan fingerprint density at radius 1 is 1.44 bits per heavy atom. The second-order valence-corrected chi connectivity index (χ2v) is 4.50. The van der Waals surface area contributed by atoms with E-state index in [0.717, 1.165) is 25.7 Å². The quantitative estimate of drug-likeness (QED) is 0.741. The second kappa shape index (κ2) is 6.86.